The van der Waals surface area contributed by atoms with Crippen molar-refractivity contribution < 1.29 is 39.2 Å². The molecule has 38 heavy (non-hydrogen) atoms. The van der Waals surface area contributed by atoms with Crippen molar-refractivity contribution >= 4 is 20.9 Å². The van der Waals surface area contributed by atoms with E-state index in [0.717, 1.165) is 24.3 Å². The van der Waals surface area contributed by atoms with Gasteiger partial charge < -0.3 is 4.57 Å². The summed E-state index contributed by atoms with van der Waals surface area (Å²) in [5.41, 5.74) is -2.98. The Balaban J connectivity index is 1.93. The van der Waals surface area contributed by atoms with Crippen molar-refractivity contribution in [2.45, 2.75) is 70.5 Å². The van der Waals surface area contributed by atoms with Crippen LogP contribution in [0.1, 0.15) is 57.2 Å². The second kappa shape index (κ2) is 9.86. The summed E-state index contributed by atoms with van der Waals surface area (Å²) in [6.45, 7) is 5.73. The molecule has 1 atom stereocenters. The van der Waals surface area contributed by atoms with Crippen LogP contribution < -0.4 is 4.72 Å². The summed E-state index contributed by atoms with van der Waals surface area (Å²) in [5.74, 6) is -2.31. The molecule has 0 radical (unpaired) electrons. The van der Waals surface area contributed by atoms with E-state index in [1.54, 1.807) is 0 Å². The number of hydrogen-bond acceptors (Lipinski definition) is 2. The van der Waals surface area contributed by atoms with Gasteiger partial charge in [0.05, 0.1) is 10.8 Å². The van der Waals surface area contributed by atoms with Gasteiger partial charge in [0.15, 0.2) is 0 Å². The number of fused-ring (bicyclic) bond motifs is 1. The van der Waals surface area contributed by atoms with E-state index in [9.17, 15) is 34.8 Å². The highest BCUT2D eigenvalue weighted by atomic mass is 32.2. The summed E-state index contributed by atoms with van der Waals surface area (Å²) in [6, 6.07) is 1.79. The minimum atomic E-state index is -4.99. The van der Waals surface area contributed by atoms with Crippen LogP contribution in [-0.4, -0.2) is 24.7 Å². The molecule has 4 nitrogen and oxygen atoms in total. The number of aromatic nitrogens is 1. The SMILES string of the molecule is CC(C)(C)Cn1cc([C@H](NS(=O)(=O)C2CCC2)C(F)F)c2cc(F)c(-c3ccc(F)cc3C(F)(F)F)cc21. The maximum Gasteiger partial charge on any atom is 0.417 e. The molecular weight excluding hydrogens is 537 g/mol. The summed E-state index contributed by atoms with van der Waals surface area (Å²) < 4.78 is 128. The van der Waals surface area contributed by atoms with E-state index >= 15 is 4.39 Å². The van der Waals surface area contributed by atoms with E-state index in [2.05, 4.69) is 4.72 Å². The van der Waals surface area contributed by atoms with E-state index in [-0.39, 0.29) is 29.1 Å². The van der Waals surface area contributed by atoms with E-state index in [1.165, 1.54) is 10.8 Å². The molecule has 0 amide bonds. The van der Waals surface area contributed by atoms with Gasteiger partial charge in [-0.1, -0.05) is 33.3 Å². The molecule has 1 saturated carbocycles. The fourth-order valence-corrected chi connectivity index (χ4v) is 6.35. The number of nitrogens with zero attached hydrogens (tertiary/aromatic N) is 1. The smallest absolute Gasteiger partial charge is 0.347 e. The van der Waals surface area contributed by atoms with Gasteiger partial charge in [-0.05, 0) is 48.1 Å². The molecule has 4 rings (SSSR count). The third-order valence-corrected chi connectivity index (χ3v) is 8.52. The summed E-state index contributed by atoms with van der Waals surface area (Å²) in [6.07, 6.45) is -5.54. The highest BCUT2D eigenvalue weighted by molar-refractivity contribution is 7.90. The van der Waals surface area contributed by atoms with E-state index in [1.807, 2.05) is 20.8 Å². The van der Waals surface area contributed by atoms with E-state index in [4.69, 9.17) is 0 Å². The van der Waals surface area contributed by atoms with Crippen LogP contribution in [0.3, 0.4) is 0 Å². The first-order valence-electron chi connectivity index (χ1n) is 12.0. The van der Waals surface area contributed by atoms with Crippen LogP contribution in [0.25, 0.3) is 22.0 Å². The monoisotopic (exact) mass is 564 g/mol. The predicted molar refractivity (Wildman–Crippen MR) is 130 cm³/mol. The van der Waals surface area contributed by atoms with Crippen molar-refractivity contribution in [1.82, 2.24) is 9.29 Å². The lowest BCUT2D eigenvalue weighted by molar-refractivity contribution is -0.137. The van der Waals surface area contributed by atoms with Gasteiger partial charge in [0, 0.05) is 34.8 Å². The van der Waals surface area contributed by atoms with Crippen LogP contribution in [0, 0.1) is 17.0 Å². The molecule has 0 unspecified atom stereocenters. The average molecular weight is 565 g/mol. The van der Waals surface area contributed by atoms with Crippen LogP contribution >= 0.6 is 0 Å². The molecule has 1 aliphatic rings. The number of benzene rings is 2. The molecule has 208 valence electrons. The first-order chi connectivity index (χ1) is 17.5. The summed E-state index contributed by atoms with van der Waals surface area (Å²) >= 11 is 0. The Morgan fingerprint density at radius 3 is 2.21 bits per heavy atom. The molecule has 3 aromatic rings. The number of nitrogens with one attached hydrogen (secondary N) is 1. The zero-order valence-electron chi connectivity index (χ0n) is 20.8. The molecular formula is C26H27F7N2O2S. The van der Waals surface area contributed by atoms with Crippen molar-refractivity contribution in [3.8, 4) is 11.1 Å². The third kappa shape index (κ3) is 5.70. The molecule has 1 fully saturated rings. The van der Waals surface area contributed by atoms with Gasteiger partial charge in [0.2, 0.25) is 10.0 Å². The number of rotatable bonds is 7. The molecule has 1 N–H and O–H groups in total. The van der Waals surface area contributed by atoms with Crippen LogP contribution in [0.4, 0.5) is 30.7 Å². The first kappa shape index (κ1) is 28.4. The van der Waals surface area contributed by atoms with Gasteiger partial charge in [-0.25, -0.2) is 30.7 Å². The summed E-state index contributed by atoms with van der Waals surface area (Å²) in [4.78, 5) is 0. The fraction of sp³-hybridized carbons (Fsp3) is 0.462. The standard InChI is InChI=1S/C26H27F7N2O2S/c1-25(2,3)13-35-12-19(23(24(29)30)34-38(36,37)15-5-4-6-15)18-10-21(28)17(11-22(18)35)16-8-7-14(27)9-20(16)26(31,32)33/h7-12,15,23-24,34H,4-6,13H2,1-3H3/t23-/m0/s1. The number of alkyl halides is 5. The number of sulfonamides is 1. The maximum absolute atomic E-state index is 15.4. The lowest BCUT2D eigenvalue weighted by Gasteiger charge is -2.28. The molecule has 1 aromatic heterocycles. The van der Waals surface area contributed by atoms with Gasteiger partial charge in [-0.3, -0.25) is 0 Å². The van der Waals surface area contributed by atoms with E-state index in [0.29, 0.717) is 19.3 Å². The number of hydrogen-bond donors (Lipinski definition) is 1. The van der Waals surface area contributed by atoms with Gasteiger partial charge in [-0.2, -0.15) is 13.2 Å². The van der Waals surface area contributed by atoms with Crippen LogP contribution in [0.5, 0.6) is 0 Å². The molecule has 0 spiro atoms. The molecule has 12 heteroatoms. The predicted octanol–water partition coefficient (Wildman–Crippen LogP) is 7.43. The summed E-state index contributed by atoms with van der Waals surface area (Å²) in [7, 11) is -4.09. The Labute approximate surface area is 215 Å². The number of halogens is 7. The van der Waals surface area contributed by atoms with Crippen LogP contribution in [0.2, 0.25) is 0 Å². The second-order valence-corrected chi connectivity index (χ2v) is 12.8. The van der Waals surface area contributed by atoms with Crippen molar-refractivity contribution in [1.29, 1.82) is 0 Å². The zero-order chi connectivity index (χ0) is 28.2. The molecule has 0 saturated heterocycles. The third-order valence-electron chi connectivity index (χ3n) is 6.59. The Bertz CT molecular complexity index is 1450. The largest absolute Gasteiger partial charge is 0.417 e. The van der Waals surface area contributed by atoms with Gasteiger partial charge in [0.1, 0.15) is 17.7 Å². The van der Waals surface area contributed by atoms with Crippen LogP contribution in [-0.2, 0) is 22.7 Å². The summed E-state index contributed by atoms with van der Waals surface area (Å²) in [5, 5.41) is -0.859. The highest BCUT2D eigenvalue weighted by Gasteiger charge is 2.38. The van der Waals surface area contributed by atoms with E-state index < -0.39 is 67.7 Å². The minimum absolute atomic E-state index is 0.0622. The molecule has 0 aliphatic heterocycles. The molecule has 2 aromatic carbocycles. The Morgan fingerprint density at radius 1 is 1.03 bits per heavy atom. The van der Waals surface area contributed by atoms with Crippen molar-refractivity contribution in [3.63, 3.8) is 0 Å². The molecule has 1 aliphatic carbocycles. The van der Waals surface area contributed by atoms with Crippen LogP contribution in [0.15, 0.2) is 36.5 Å². The minimum Gasteiger partial charge on any atom is -0.347 e. The van der Waals surface area contributed by atoms with Crippen molar-refractivity contribution in [2.75, 3.05) is 0 Å². The lowest BCUT2D eigenvalue weighted by Crippen LogP contribution is -2.42. The van der Waals surface area contributed by atoms with Gasteiger partial charge in [-0.15, -0.1) is 0 Å². The fourth-order valence-electron chi connectivity index (χ4n) is 4.62. The normalized spacial score (nSPS) is 16.3. The average Bonchev–Trinajstić information content (AvgIpc) is 3.04. The van der Waals surface area contributed by atoms with Crippen molar-refractivity contribution in [3.05, 3.63) is 59.3 Å². The van der Waals surface area contributed by atoms with Gasteiger partial charge >= 0.3 is 6.18 Å². The lowest BCUT2D eigenvalue weighted by atomic mass is 9.95. The topological polar surface area (TPSA) is 51.1 Å². The Hall–Kier alpha value is -2.60. The Kier molecular flexibility index (Phi) is 7.37. The van der Waals surface area contributed by atoms with Crippen molar-refractivity contribution in [2.24, 2.45) is 5.41 Å². The quantitative estimate of drug-likeness (QED) is 0.304. The first-order valence-corrected chi connectivity index (χ1v) is 13.5. The Morgan fingerprint density at radius 2 is 1.68 bits per heavy atom. The molecule has 1 heterocycles. The highest BCUT2D eigenvalue weighted by Crippen LogP contribution is 2.41. The molecule has 0 bridgehead atoms. The second-order valence-electron chi connectivity index (χ2n) is 10.8. The maximum atomic E-state index is 15.4. The zero-order valence-corrected chi connectivity index (χ0v) is 21.7. The van der Waals surface area contributed by atoms with Gasteiger partial charge in [0.25, 0.3) is 6.43 Å².